The van der Waals surface area contributed by atoms with E-state index in [-0.39, 0.29) is 18.3 Å². The number of nitrogens with zero attached hydrogens (tertiary/aromatic N) is 3. The van der Waals surface area contributed by atoms with Gasteiger partial charge in [0.25, 0.3) is 0 Å². The second kappa shape index (κ2) is 11.9. The van der Waals surface area contributed by atoms with Crippen molar-refractivity contribution in [2.45, 2.75) is 39.0 Å². The van der Waals surface area contributed by atoms with Gasteiger partial charge < -0.3 is 4.90 Å². The average Bonchev–Trinajstić information content (AvgIpc) is 3.17. The number of carbonyl (C=O) groups excluding carboxylic acids is 1. The highest BCUT2D eigenvalue weighted by Crippen LogP contribution is 2.34. The second-order valence-corrected chi connectivity index (χ2v) is 9.34. The summed E-state index contributed by atoms with van der Waals surface area (Å²) in [7, 11) is 0. The van der Waals surface area contributed by atoms with Gasteiger partial charge >= 0.3 is 0 Å². The predicted molar refractivity (Wildman–Crippen MR) is 138 cm³/mol. The van der Waals surface area contributed by atoms with Crippen LogP contribution in [0.3, 0.4) is 0 Å². The number of aryl methyl sites for hydroxylation is 2. The summed E-state index contributed by atoms with van der Waals surface area (Å²) in [6.07, 6.45) is 2.47. The van der Waals surface area contributed by atoms with Crippen molar-refractivity contribution >= 4 is 56.8 Å². The number of hydrogen-bond donors (Lipinski definition) is 0. The van der Waals surface area contributed by atoms with Gasteiger partial charge in [-0.1, -0.05) is 55.0 Å². The number of benzene rings is 2. The molecule has 1 aromatic heterocycles. The van der Waals surface area contributed by atoms with Gasteiger partial charge in [-0.3, -0.25) is 9.69 Å². The number of halogens is 1. The van der Waals surface area contributed by atoms with E-state index in [1.165, 1.54) is 11.1 Å². The molecule has 3 rings (SSSR count). The molecule has 7 heteroatoms. The lowest BCUT2D eigenvalue weighted by Gasteiger charge is -2.25. The molecule has 0 aliphatic rings. The maximum atomic E-state index is 13.4. The molecule has 4 nitrogen and oxygen atoms in total. The van der Waals surface area contributed by atoms with E-state index in [1.807, 2.05) is 4.90 Å². The van der Waals surface area contributed by atoms with Crippen molar-refractivity contribution in [1.82, 2.24) is 9.88 Å². The number of thiazole rings is 1. The van der Waals surface area contributed by atoms with Crippen LogP contribution in [0.2, 0.25) is 0 Å². The van der Waals surface area contributed by atoms with E-state index in [1.54, 1.807) is 23.1 Å². The molecule has 0 unspecified atom stereocenters. The summed E-state index contributed by atoms with van der Waals surface area (Å²) in [6.45, 7) is 11.9. The van der Waals surface area contributed by atoms with Crippen molar-refractivity contribution in [2.24, 2.45) is 0 Å². The third-order valence-electron chi connectivity index (χ3n) is 5.50. The molecule has 1 amide bonds. The van der Waals surface area contributed by atoms with Crippen molar-refractivity contribution in [3.63, 3.8) is 0 Å². The number of para-hydroxylation sites is 1. The molecule has 0 atom stereocenters. The van der Waals surface area contributed by atoms with Gasteiger partial charge in [0.15, 0.2) is 5.13 Å². The van der Waals surface area contributed by atoms with Crippen LogP contribution in [0.1, 0.15) is 30.5 Å². The Balaban J connectivity index is 0.00000341. The highest BCUT2D eigenvalue weighted by atomic mass is 35.5. The third-order valence-corrected chi connectivity index (χ3v) is 7.31. The van der Waals surface area contributed by atoms with Crippen LogP contribution < -0.4 is 4.90 Å². The molecule has 0 saturated carbocycles. The van der Waals surface area contributed by atoms with Crippen molar-refractivity contribution < 1.29 is 4.79 Å². The number of anilines is 1. The predicted octanol–water partition coefficient (Wildman–Crippen LogP) is 5.97. The minimum atomic E-state index is 0. The fourth-order valence-corrected chi connectivity index (χ4v) is 5.27. The van der Waals surface area contributed by atoms with Crippen LogP contribution in [0.25, 0.3) is 10.2 Å². The van der Waals surface area contributed by atoms with Gasteiger partial charge in [0, 0.05) is 18.0 Å². The molecule has 0 bridgehead atoms. The van der Waals surface area contributed by atoms with E-state index < -0.39 is 0 Å². The van der Waals surface area contributed by atoms with Crippen molar-refractivity contribution in [3.05, 3.63) is 53.1 Å². The molecule has 0 radical (unpaired) electrons. The van der Waals surface area contributed by atoms with E-state index in [9.17, 15) is 4.79 Å². The maximum absolute atomic E-state index is 13.4. The number of rotatable bonds is 9. The molecule has 3 aromatic rings. The number of fused-ring (bicyclic) bond motifs is 1. The summed E-state index contributed by atoms with van der Waals surface area (Å²) in [5.41, 5.74) is 4.47. The van der Waals surface area contributed by atoms with Gasteiger partial charge in [0.1, 0.15) is 0 Å². The summed E-state index contributed by atoms with van der Waals surface area (Å²) in [4.78, 5) is 23.7. The van der Waals surface area contributed by atoms with Crippen LogP contribution in [0.4, 0.5) is 5.13 Å². The van der Waals surface area contributed by atoms with Gasteiger partial charge in [-0.05, 0) is 56.5 Å². The monoisotopic (exact) mass is 477 g/mol. The van der Waals surface area contributed by atoms with Crippen molar-refractivity contribution in [1.29, 1.82) is 0 Å². The highest BCUT2D eigenvalue weighted by molar-refractivity contribution is 7.98. The van der Waals surface area contributed by atoms with Gasteiger partial charge in [-0.25, -0.2) is 4.98 Å². The zero-order chi connectivity index (χ0) is 21.7. The molecule has 0 spiro atoms. The number of aromatic nitrogens is 1. The SMILES string of the molecule is CCN(CC)CCN(C(=O)Cc1ccc(C)cc1C)c1nc2c(SC)cccc2s1.Cl. The lowest BCUT2D eigenvalue weighted by molar-refractivity contribution is -0.118. The number of amides is 1. The number of likely N-dealkylation sites (N-methyl/N-ethyl adjacent to an activating group) is 1. The summed E-state index contributed by atoms with van der Waals surface area (Å²) in [5, 5.41) is 0.799. The van der Waals surface area contributed by atoms with Crippen LogP contribution in [-0.2, 0) is 11.2 Å². The van der Waals surface area contributed by atoms with Crippen LogP contribution in [0.15, 0.2) is 41.3 Å². The zero-order valence-electron chi connectivity index (χ0n) is 19.0. The number of hydrogen-bond acceptors (Lipinski definition) is 5. The smallest absolute Gasteiger partial charge is 0.233 e. The molecule has 31 heavy (non-hydrogen) atoms. The van der Waals surface area contributed by atoms with Crippen molar-refractivity contribution in [2.75, 3.05) is 37.3 Å². The molecule has 0 fully saturated rings. The molecule has 168 valence electrons. The van der Waals surface area contributed by atoms with Gasteiger partial charge in [-0.15, -0.1) is 24.2 Å². The Morgan fingerprint density at radius 1 is 1.10 bits per heavy atom. The Morgan fingerprint density at radius 2 is 1.84 bits per heavy atom. The molecule has 1 heterocycles. The number of carbonyl (C=O) groups is 1. The largest absolute Gasteiger partial charge is 0.302 e. The average molecular weight is 478 g/mol. The lowest BCUT2D eigenvalue weighted by Crippen LogP contribution is -2.39. The minimum Gasteiger partial charge on any atom is -0.302 e. The van der Waals surface area contributed by atoms with Crippen LogP contribution in [-0.4, -0.2) is 48.2 Å². The zero-order valence-corrected chi connectivity index (χ0v) is 21.4. The van der Waals surface area contributed by atoms with Crippen LogP contribution in [0, 0.1) is 13.8 Å². The normalized spacial score (nSPS) is 11.0. The first-order chi connectivity index (χ1) is 14.5. The van der Waals surface area contributed by atoms with Gasteiger partial charge in [-0.2, -0.15) is 0 Å². The second-order valence-electron chi connectivity index (χ2n) is 7.48. The summed E-state index contributed by atoms with van der Waals surface area (Å²) < 4.78 is 1.13. The first-order valence-corrected chi connectivity index (χ1v) is 12.5. The summed E-state index contributed by atoms with van der Waals surface area (Å²) in [6, 6.07) is 12.5. The van der Waals surface area contributed by atoms with E-state index >= 15 is 0 Å². The standard InChI is InChI=1S/C24H31N3OS2.ClH/c1-6-26(7-2)13-14-27(22(28)16-19-12-11-17(3)15-18(19)4)24-25-23-20(29-5)9-8-10-21(23)30-24;/h8-12,15H,6-7,13-14,16H2,1-5H3;1H. The molecule has 0 aliphatic carbocycles. The Kier molecular flexibility index (Phi) is 9.82. The minimum absolute atomic E-state index is 0. The summed E-state index contributed by atoms with van der Waals surface area (Å²) >= 11 is 3.31. The quantitative estimate of drug-likeness (QED) is 0.355. The first kappa shape index (κ1) is 25.7. The van der Waals surface area contributed by atoms with Gasteiger partial charge in [0.2, 0.25) is 5.91 Å². The third kappa shape index (κ3) is 6.22. The molecule has 0 aliphatic heterocycles. The fraction of sp³-hybridized carbons (Fsp3) is 0.417. The van der Waals surface area contributed by atoms with Crippen LogP contribution >= 0.6 is 35.5 Å². The Labute approximate surface area is 200 Å². The van der Waals surface area contributed by atoms with E-state index in [0.717, 1.165) is 45.4 Å². The Morgan fingerprint density at radius 3 is 2.48 bits per heavy atom. The van der Waals surface area contributed by atoms with Gasteiger partial charge in [0.05, 0.1) is 16.6 Å². The molecular formula is C24H32ClN3OS2. The lowest BCUT2D eigenvalue weighted by atomic mass is 10.0. The van der Waals surface area contributed by atoms with E-state index in [0.29, 0.717) is 13.0 Å². The van der Waals surface area contributed by atoms with E-state index in [4.69, 9.17) is 4.98 Å². The fourth-order valence-electron chi connectivity index (χ4n) is 3.60. The molecule has 0 saturated heterocycles. The molecular weight excluding hydrogens is 446 g/mol. The molecule has 2 aromatic carbocycles. The van der Waals surface area contributed by atoms with Crippen LogP contribution in [0.5, 0.6) is 0 Å². The number of thioether (sulfide) groups is 1. The van der Waals surface area contributed by atoms with Crippen molar-refractivity contribution in [3.8, 4) is 0 Å². The maximum Gasteiger partial charge on any atom is 0.233 e. The molecule has 0 N–H and O–H groups in total. The first-order valence-electron chi connectivity index (χ1n) is 10.5. The Bertz CT molecular complexity index is 1020. The van der Waals surface area contributed by atoms with E-state index in [2.05, 4.69) is 75.2 Å². The Hall–Kier alpha value is -1.60. The highest BCUT2D eigenvalue weighted by Gasteiger charge is 2.22. The topological polar surface area (TPSA) is 36.4 Å². The summed E-state index contributed by atoms with van der Waals surface area (Å²) in [5.74, 6) is 0.110.